The van der Waals surface area contributed by atoms with E-state index in [2.05, 4.69) is 46.0 Å². The van der Waals surface area contributed by atoms with E-state index in [1.165, 1.54) is 12.1 Å². The molecule has 144 valence electrons. The Bertz CT molecular complexity index is 659. The minimum atomic E-state index is -1.90. The first-order valence-corrected chi connectivity index (χ1v) is 12.5. The summed E-state index contributed by atoms with van der Waals surface area (Å²) < 4.78 is 26.7. The summed E-state index contributed by atoms with van der Waals surface area (Å²) in [5.74, 6) is 0.445. The molecule has 0 unspecified atom stereocenters. The van der Waals surface area contributed by atoms with E-state index in [-0.39, 0.29) is 23.1 Å². The predicted octanol–water partition coefficient (Wildman–Crippen LogP) is 6.74. The third-order valence-electron chi connectivity index (χ3n) is 5.38. The van der Waals surface area contributed by atoms with Crippen LogP contribution in [0.15, 0.2) is 36.4 Å². The van der Waals surface area contributed by atoms with Crippen molar-refractivity contribution in [1.29, 1.82) is 0 Å². The Hall–Kier alpha value is -1.39. The Morgan fingerprint density at radius 3 is 2.62 bits per heavy atom. The molecule has 2 nitrogen and oxygen atoms in total. The normalized spacial score (nSPS) is 21.8. The molecule has 0 radical (unpaired) electrons. The van der Waals surface area contributed by atoms with Gasteiger partial charge in [-0.15, -0.1) is 0 Å². The van der Waals surface area contributed by atoms with Crippen molar-refractivity contribution in [1.82, 2.24) is 0 Å². The van der Waals surface area contributed by atoms with Crippen molar-refractivity contribution in [3.63, 3.8) is 0 Å². The van der Waals surface area contributed by atoms with Gasteiger partial charge in [-0.2, -0.15) is 0 Å². The van der Waals surface area contributed by atoms with Crippen molar-refractivity contribution in [3.8, 4) is 5.75 Å². The first-order chi connectivity index (χ1) is 12.1. The fraction of sp³-hybridized carbons (Fsp3) is 0.545. The highest BCUT2D eigenvalue weighted by Crippen LogP contribution is 2.39. The molecule has 2 atom stereocenters. The Morgan fingerprint density at radius 1 is 1.23 bits per heavy atom. The standard InChI is InChI=1S/C22H33FO2Si/c1-7-11-17-16-18(23)14-15-19(17)24-20-12-9-8-10-13-21(20)25-26(5,6)22(2,3)4/h7,9,11-12,14-16,20-21H,8,10,13H2,1-6H3/b11-7+/t20-,21+/m0/s1. The van der Waals surface area contributed by atoms with Gasteiger partial charge in [0.05, 0.1) is 6.10 Å². The molecule has 0 saturated carbocycles. The number of allylic oxidation sites excluding steroid dienone is 2. The molecule has 0 amide bonds. The molecule has 2 rings (SSSR count). The Kier molecular flexibility index (Phi) is 6.86. The summed E-state index contributed by atoms with van der Waals surface area (Å²) in [4.78, 5) is 0. The monoisotopic (exact) mass is 376 g/mol. The minimum absolute atomic E-state index is 0.0261. The molecule has 0 spiro atoms. The third kappa shape index (κ3) is 5.30. The van der Waals surface area contributed by atoms with Crippen LogP contribution >= 0.6 is 0 Å². The number of benzene rings is 1. The van der Waals surface area contributed by atoms with Crippen LogP contribution in [0.3, 0.4) is 0 Å². The van der Waals surface area contributed by atoms with Gasteiger partial charge in [0.2, 0.25) is 0 Å². The van der Waals surface area contributed by atoms with Crippen molar-refractivity contribution in [2.24, 2.45) is 0 Å². The van der Waals surface area contributed by atoms with E-state index < -0.39 is 8.32 Å². The maximum Gasteiger partial charge on any atom is 0.192 e. The lowest BCUT2D eigenvalue weighted by molar-refractivity contribution is 0.0668. The predicted molar refractivity (Wildman–Crippen MR) is 111 cm³/mol. The summed E-state index contributed by atoms with van der Waals surface area (Å²) in [6, 6.07) is 4.68. The van der Waals surface area contributed by atoms with Crippen LogP contribution in [0.25, 0.3) is 6.08 Å². The molecule has 1 aliphatic carbocycles. The molecule has 0 saturated heterocycles. The third-order valence-corrected chi connectivity index (χ3v) is 9.89. The topological polar surface area (TPSA) is 18.5 Å². The zero-order valence-corrected chi connectivity index (χ0v) is 18.0. The molecule has 0 bridgehead atoms. The molecular weight excluding hydrogens is 343 g/mol. The summed E-state index contributed by atoms with van der Waals surface area (Å²) in [6.07, 6.45) is 11.1. The van der Waals surface area contributed by atoms with Gasteiger partial charge in [-0.05, 0) is 68.6 Å². The highest BCUT2D eigenvalue weighted by molar-refractivity contribution is 6.74. The van der Waals surface area contributed by atoms with Crippen LogP contribution < -0.4 is 4.74 Å². The fourth-order valence-corrected chi connectivity index (χ4v) is 4.20. The number of halogens is 1. The number of ether oxygens (including phenoxy) is 1. The second kappa shape index (κ2) is 8.53. The molecule has 1 aromatic rings. The van der Waals surface area contributed by atoms with E-state index in [0.29, 0.717) is 5.75 Å². The average molecular weight is 377 g/mol. The van der Waals surface area contributed by atoms with Crippen molar-refractivity contribution >= 4 is 14.4 Å². The first kappa shape index (κ1) is 20.9. The van der Waals surface area contributed by atoms with E-state index in [1.807, 2.05) is 19.1 Å². The lowest BCUT2D eigenvalue weighted by Crippen LogP contribution is -2.47. The fourth-order valence-electron chi connectivity index (χ4n) is 2.83. The Morgan fingerprint density at radius 2 is 1.96 bits per heavy atom. The van der Waals surface area contributed by atoms with Gasteiger partial charge < -0.3 is 9.16 Å². The molecule has 0 heterocycles. The van der Waals surface area contributed by atoms with Crippen LogP contribution in [0.1, 0.15) is 52.5 Å². The maximum atomic E-state index is 13.6. The quantitative estimate of drug-likeness (QED) is 0.418. The SMILES string of the molecule is C/C=C/c1cc(F)ccc1O[C@H]1C=CCCC[C@H]1O[Si](C)(C)C(C)(C)C. The van der Waals surface area contributed by atoms with Crippen LogP contribution in [0, 0.1) is 5.82 Å². The second-order valence-corrected chi connectivity index (χ2v) is 13.3. The molecular formula is C22H33FO2Si. The van der Waals surface area contributed by atoms with E-state index in [9.17, 15) is 4.39 Å². The zero-order valence-electron chi connectivity index (χ0n) is 17.0. The highest BCUT2D eigenvalue weighted by atomic mass is 28.4. The number of rotatable bonds is 5. The minimum Gasteiger partial charge on any atom is -0.483 e. The van der Waals surface area contributed by atoms with Crippen molar-refractivity contribution in [2.75, 3.05) is 0 Å². The maximum absolute atomic E-state index is 13.6. The summed E-state index contributed by atoms with van der Waals surface area (Å²) in [5, 5.41) is 0.152. The van der Waals surface area contributed by atoms with Crippen LogP contribution in [0.4, 0.5) is 4.39 Å². The number of hydrogen-bond acceptors (Lipinski definition) is 2. The molecule has 0 aliphatic heterocycles. The molecule has 1 aliphatic rings. The second-order valence-electron chi connectivity index (χ2n) is 8.54. The van der Waals surface area contributed by atoms with Crippen LogP contribution in [0.2, 0.25) is 18.1 Å². The van der Waals surface area contributed by atoms with Gasteiger partial charge in [0, 0.05) is 5.56 Å². The van der Waals surface area contributed by atoms with Crippen LogP contribution in [-0.2, 0) is 4.43 Å². The number of hydrogen-bond donors (Lipinski definition) is 0. The van der Waals surface area contributed by atoms with Crippen molar-refractivity contribution < 1.29 is 13.6 Å². The largest absolute Gasteiger partial charge is 0.483 e. The molecule has 26 heavy (non-hydrogen) atoms. The van der Waals surface area contributed by atoms with Gasteiger partial charge in [0.25, 0.3) is 0 Å². The van der Waals surface area contributed by atoms with Crippen LogP contribution in [-0.4, -0.2) is 20.5 Å². The van der Waals surface area contributed by atoms with Gasteiger partial charge in [-0.3, -0.25) is 0 Å². The first-order valence-electron chi connectivity index (χ1n) is 9.57. The smallest absolute Gasteiger partial charge is 0.192 e. The average Bonchev–Trinajstić information content (AvgIpc) is 2.74. The summed E-state index contributed by atoms with van der Waals surface area (Å²) in [5.41, 5.74) is 0.760. The van der Waals surface area contributed by atoms with Gasteiger partial charge in [-0.1, -0.05) is 39.0 Å². The molecule has 0 aromatic heterocycles. The van der Waals surface area contributed by atoms with E-state index >= 15 is 0 Å². The molecule has 0 fully saturated rings. The lowest BCUT2D eigenvalue weighted by Gasteiger charge is -2.40. The van der Waals surface area contributed by atoms with Gasteiger partial charge in [0.15, 0.2) is 8.32 Å². The van der Waals surface area contributed by atoms with Crippen LogP contribution in [0.5, 0.6) is 5.75 Å². The van der Waals surface area contributed by atoms with Gasteiger partial charge >= 0.3 is 0 Å². The van der Waals surface area contributed by atoms with Gasteiger partial charge in [0.1, 0.15) is 17.7 Å². The summed E-state index contributed by atoms with van der Waals surface area (Å²) >= 11 is 0. The summed E-state index contributed by atoms with van der Waals surface area (Å²) in [7, 11) is -1.90. The van der Waals surface area contributed by atoms with E-state index in [4.69, 9.17) is 9.16 Å². The molecule has 4 heteroatoms. The molecule has 1 aromatic carbocycles. The van der Waals surface area contributed by atoms with E-state index in [1.54, 1.807) is 6.07 Å². The van der Waals surface area contributed by atoms with E-state index in [0.717, 1.165) is 24.8 Å². The zero-order chi connectivity index (χ0) is 19.4. The van der Waals surface area contributed by atoms with Gasteiger partial charge in [-0.25, -0.2) is 4.39 Å². The highest BCUT2D eigenvalue weighted by Gasteiger charge is 2.41. The molecule has 0 N–H and O–H groups in total. The lowest BCUT2D eigenvalue weighted by atomic mass is 10.1. The van der Waals surface area contributed by atoms with Crippen molar-refractivity contribution in [2.45, 2.75) is 77.3 Å². The van der Waals surface area contributed by atoms with Crippen molar-refractivity contribution in [3.05, 3.63) is 47.8 Å². The Labute approximate surface area is 159 Å². The Balaban J connectivity index is 2.27. The summed E-state index contributed by atoms with van der Waals surface area (Å²) in [6.45, 7) is 13.2.